The van der Waals surface area contributed by atoms with Crippen LogP contribution in [0.5, 0.6) is 17.4 Å². The van der Waals surface area contributed by atoms with Gasteiger partial charge >= 0.3 is 6.36 Å². The molecule has 0 radical (unpaired) electrons. The normalized spacial score (nSPS) is 21.8. The number of hydrogen-bond acceptors (Lipinski definition) is 11. The maximum atomic E-state index is 14.8. The Labute approximate surface area is 307 Å². The molecule has 0 spiro atoms. The van der Waals surface area contributed by atoms with Crippen LogP contribution in [-0.4, -0.2) is 56.9 Å². The van der Waals surface area contributed by atoms with Crippen molar-refractivity contribution >= 4 is 23.0 Å². The lowest BCUT2D eigenvalue weighted by molar-refractivity contribution is -0.275. The number of alkyl halides is 3. The molecule has 280 valence electrons. The van der Waals surface area contributed by atoms with Gasteiger partial charge in [0.25, 0.3) is 5.88 Å². The topological polar surface area (TPSA) is 158 Å². The summed E-state index contributed by atoms with van der Waals surface area (Å²) in [6, 6.07) is 17.8. The van der Waals surface area contributed by atoms with Crippen LogP contribution in [0, 0.1) is 11.8 Å². The molecule has 4 N–H and O–H groups in total. The lowest BCUT2D eigenvalue weighted by Gasteiger charge is -2.50. The van der Waals surface area contributed by atoms with Crippen LogP contribution in [0.15, 0.2) is 102 Å². The predicted octanol–water partition coefficient (Wildman–Crippen LogP) is 6.69. The minimum absolute atomic E-state index is 0.0170. The molecule has 54 heavy (non-hydrogen) atoms. The van der Waals surface area contributed by atoms with Crippen molar-refractivity contribution in [2.24, 2.45) is 11.8 Å². The number of ether oxygens (including phenoxy) is 3. The summed E-state index contributed by atoms with van der Waals surface area (Å²) in [7, 11) is 0. The number of halogens is 3. The molecule has 1 saturated carbocycles. The van der Waals surface area contributed by atoms with Gasteiger partial charge in [0, 0.05) is 36.2 Å². The van der Waals surface area contributed by atoms with E-state index in [1.807, 2.05) is 6.07 Å². The van der Waals surface area contributed by atoms with E-state index in [1.165, 1.54) is 0 Å². The number of nitrogen functional groups attached to an aromatic ring is 1. The number of carbonyl (C=O) groups excluding carboxylic acids is 2. The van der Waals surface area contributed by atoms with Gasteiger partial charge < -0.3 is 34.7 Å². The van der Waals surface area contributed by atoms with Gasteiger partial charge in [-0.15, -0.1) is 26.3 Å². The number of nitrogens with two attached hydrogens (primary N) is 1. The summed E-state index contributed by atoms with van der Waals surface area (Å²) in [5.41, 5.74) is 3.57. The Bertz CT molecular complexity index is 2140. The number of aliphatic hydroxyl groups excluding tert-OH is 1. The zero-order chi connectivity index (χ0) is 38.4. The Morgan fingerprint density at radius 2 is 1.57 bits per heavy atom. The zero-order valence-electron chi connectivity index (χ0n) is 28.8. The Morgan fingerprint density at radius 1 is 0.963 bits per heavy atom. The highest BCUT2D eigenvalue weighted by molar-refractivity contribution is 6.26. The molecule has 3 aromatic carbocycles. The molecule has 0 aliphatic heterocycles. The van der Waals surface area contributed by atoms with Gasteiger partial charge in [-0.2, -0.15) is 0 Å². The second-order valence-corrected chi connectivity index (χ2v) is 13.4. The van der Waals surface area contributed by atoms with Crippen molar-refractivity contribution in [1.82, 2.24) is 10.1 Å². The molecule has 4 aromatic rings. The van der Waals surface area contributed by atoms with Crippen molar-refractivity contribution in [3.63, 3.8) is 0 Å². The van der Waals surface area contributed by atoms with Crippen LogP contribution in [0.2, 0.25) is 0 Å². The third-order valence-electron chi connectivity index (χ3n) is 10.1. The molecular formula is C40H36F3N3O8. The van der Waals surface area contributed by atoms with Crippen molar-refractivity contribution in [1.29, 1.82) is 0 Å². The number of hydrogen-bond donors (Lipinski definition) is 3. The molecule has 7 rings (SSSR count). The third kappa shape index (κ3) is 6.30. The first-order valence-electron chi connectivity index (χ1n) is 17.1. The van der Waals surface area contributed by atoms with E-state index in [1.54, 1.807) is 71.6 Å². The number of aromatic nitrogens is 1. The maximum absolute atomic E-state index is 14.8. The van der Waals surface area contributed by atoms with E-state index in [9.17, 15) is 33.0 Å². The molecule has 0 amide bonds. The summed E-state index contributed by atoms with van der Waals surface area (Å²) in [5.74, 6) is -6.26. The highest BCUT2D eigenvalue weighted by Crippen LogP contribution is 2.57. The summed E-state index contributed by atoms with van der Waals surface area (Å²) < 4.78 is 63.4. The molecule has 0 bridgehead atoms. The number of rotatable bonds is 12. The van der Waals surface area contributed by atoms with Gasteiger partial charge in [-0.3, -0.25) is 14.5 Å². The molecule has 14 heteroatoms. The maximum Gasteiger partial charge on any atom is 0.573 e. The minimum atomic E-state index is -5.13. The molecule has 1 heterocycles. The smallest absolute Gasteiger partial charge is 0.507 e. The quantitative estimate of drug-likeness (QED) is 0.0807. The van der Waals surface area contributed by atoms with Crippen LogP contribution < -0.4 is 19.9 Å². The zero-order valence-corrected chi connectivity index (χ0v) is 28.8. The number of Topliss-reactive ketones (excluding diaryl/α,β-unsaturated/α-hetero) is 2. The van der Waals surface area contributed by atoms with Crippen molar-refractivity contribution in [2.75, 3.05) is 18.8 Å². The number of anilines is 1. The average Bonchev–Trinajstić information content (AvgIpc) is 3.56. The highest BCUT2D eigenvalue weighted by Gasteiger charge is 2.66. The van der Waals surface area contributed by atoms with Crippen LogP contribution in [0.3, 0.4) is 0 Å². The van der Waals surface area contributed by atoms with Crippen LogP contribution in [0.1, 0.15) is 50.8 Å². The van der Waals surface area contributed by atoms with E-state index in [2.05, 4.69) is 23.1 Å². The van der Waals surface area contributed by atoms with E-state index < -0.39 is 52.9 Å². The van der Waals surface area contributed by atoms with E-state index in [-0.39, 0.29) is 84.5 Å². The summed E-state index contributed by atoms with van der Waals surface area (Å²) in [4.78, 5) is 31.2. The fourth-order valence-corrected chi connectivity index (χ4v) is 7.85. The highest BCUT2D eigenvalue weighted by atomic mass is 19.4. The lowest BCUT2D eigenvalue weighted by atomic mass is 9.57. The first kappa shape index (κ1) is 36.5. The first-order chi connectivity index (χ1) is 25.9. The molecular weight excluding hydrogens is 707 g/mol. The standard InChI is InChI=1S/C40H36F3N3O8/c1-3-15-46(16-4-2)32-26-18-24-17-25-28(53-40(41,42)43)19-27(44)34(51-20-22-11-7-5-8-12-22)30(25)33(47)29(24)36(48)39(26,50)37(49)31-35(32)54-45-38(31)52-21-23-13-9-6-10-14-23/h3-14,19,24,26,32,47,50H,1-2,15-18,20-21,44H2/t24-,26-,32-,39-/m0/s1. The molecule has 4 atom stereocenters. The fourth-order valence-electron chi connectivity index (χ4n) is 7.85. The number of aliphatic hydroxyl groups is 2. The van der Waals surface area contributed by atoms with E-state index in [0.29, 0.717) is 5.56 Å². The van der Waals surface area contributed by atoms with Crippen molar-refractivity contribution in [3.8, 4) is 17.4 Å². The average molecular weight is 744 g/mol. The number of ketones is 2. The van der Waals surface area contributed by atoms with Gasteiger partial charge in [0.15, 0.2) is 17.1 Å². The van der Waals surface area contributed by atoms with Gasteiger partial charge in [0.05, 0.1) is 17.3 Å². The Balaban J connectivity index is 1.37. The summed E-state index contributed by atoms with van der Waals surface area (Å²) in [6.07, 6.45) is -2.38. The van der Waals surface area contributed by atoms with Crippen LogP contribution in [0.25, 0.3) is 5.76 Å². The van der Waals surface area contributed by atoms with Crippen molar-refractivity contribution < 1.29 is 51.7 Å². The number of benzene rings is 3. The van der Waals surface area contributed by atoms with Crippen molar-refractivity contribution in [2.45, 2.75) is 44.1 Å². The van der Waals surface area contributed by atoms with E-state index in [0.717, 1.165) is 11.6 Å². The van der Waals surface area contributed by atoms with Gasteiger partial charge in [0.1, 0.15) is 30.3 Å². The molecule has 3 aliphatic carbocycles. The summed E-state index contributed by atoms with van der Waals surface area (Å²) in [6.45, 7) is 7.94. The number of fused-ring (bicyclic) bond motifs is 4. The Morgan fingerprint density at radius 3 is 2.17 bits per heavy atom. The number of nitrogens with zero attached hydrogens (tertiary/aromatic N) is 2. The fraction of sp³-hybridized carbons (Fsp3) is 0.275. The minimum Gasteiger partial charge on any atom is -0.507 e. The van der Waals surface area contributed by atoms with E-state index in [4.69, 9.17) is 19.7 Å². The molecule has 1 fully saturated rings. The molecule has 0 unspecified atom stereocenters. The number of carbonyl (C=O) groups is 2. The SMILES string of the molecule is C=CCN(CC=C)[C@@H]1c2onc(OCc3ccccc3)c2C(=O)[C@@]2(O)C(=O)C3=C(O)c4c(c(OC(F)(F)F)cc(N)c4OCc4ccccc4)C[C@H]3C[C@@H]12. The van der Waals surface area contributed by atoms with Crippen LogP contribution in [0.4, 0.5) is 18.9 Å². The predicted molar refractivity (Wildman–Crippen MR) is 189 cm³/mol. The van der Waals surface area contributed by atoms with Crippen molar-refractivity contribution in [3.05, 3.63) is 131 Å². The second kappa shape index (κ2) is 14.2. The second-order valence-electron chi connectivity index (χ2n) is 13.4. The third-order valence-corrected chi connectivity index (χ3v) is 10.1. The molecule has 1 aromatic heterocycles. The summed E-state index contributed by atoms with van der Waals surface area (Å²) in [5, 5.41) is 28.6. The van der Waals surface area contributed by atoms with Gasteiger partial charge in [-0.25, -0.2) is 0 Å². The summed E-state index contributed by atoms with van der Waals surface area (Å²) >= 11 is 0. The molecule has 11 nitrogen and oxygen atoms in total. The Hall–Kier alpha value is -5.86. The van der Waals surface area contributed by atoms with Gasteiger partial charge in [-0.05, 0) is 35.0 Å². The Kier molecular flexibility index (Phi) is 9.58. The molecule has 0 saturated heterocycles. The monoisotopic (exact) mass is 743 g/mol. The van der Waals surface area contributed by atoms with Crippen LogP contribution >= 0.6 is 0 Å². The van der Waals surface area contributed by atoms with E-state index >= 15 is 0 Å². The lowest BCUT2D eigenvalue weighted by Crippen LogP contribution is -2.63. The first-order valence-corrected chi connectivity index (χ1v) is 17.1. The van der Waals surface area contributed by atoms with Crippen LogP contribution in [-0.2, 0) is 24.4 Å². The largest absolute Gasteiger partial charge is 0.573 e. The molecule has 3 aliphatic rings. The van der Waals surface area contributed by atoms with Gasteiger partial charge in [-0.1, -0.05) is 72.8 Å². The van der Waals surface area contributed by atoms with Gasteiger partial charge in [0.2, 0.25) is 11.6 Å².